The number of amides is 1. The number of hydrogen-bond donors (Lipinski definition) is 0. The van der Waals surface area contributed by atoms with Crippen LogP contribution in [0.1, 0.15) is 18.3 Å². The first-order valence-corrected chi connectivity index (χ1v) is 7.51. The zero-order valence-corrected chi connectivity index (χ0v) is 13.7. The third-order valence-corrected chi connectivity index (χ3v) is 3.95. The first-order valence-electron chi connectivity index (χ1n) is 6.63. The van der Waals surface area contributed by atoms with Gasteiger partial charge in [0.15, 0.2) is 5.82 Å². The van der Waals surface area contributed by atoms with Crippen LogP contribution in [0.4, 0.5) is 0 Å². The zero-order valence-electron chi connectivity index (χ0n) is 12.9. The second kappa shape index (κ2) is 6.26. The topological polar surface area (TPSA) is 63.9 Å². The van der Waals surface area contributed by atoms with Crippen molar-refractivity contribution < 1.29 is 4.79 Å². The molecule has 0 aromatic carbocycles. The summed E-state index contributed by atoms with van der Waals surface area (Å²) < 4.78 is 1.76. The third kappa shape index (κ3) is 3.60. The smallest absolute Gasteiger partial charge is 0.235 e. The number of rotatable bonds is 4. The molecule has 0 N–H and O–H groups in total. The fourth-order valence-corrected chi connectivity index (χ4v) is 2.85. The van der Waals surface area contributed by atoms with Crippen LogP contribution in [0.2, 0.25) is 0 Å². The Morgan fingerprint density at radius 2 is 2.00 bits per heavy atom. The van der Waals surface area contributed by atoms with Crippen LogP contribution in [0.25, 0.3) is 5.82 Å². The fraction of sp³-hybridized carbons (Fsp3) is 0.429. The largest absolute Gasteiger partial charge is 0.348 e. The van der Waals surface area contributed by atoms with Crippen molar-refractivity contribution in [1.82, 2.24) is 24.9 Å². The van der Waals surface area contributed by atoms with Gasteiger partial charge in [-0.1, -0.05) is 11.8 Å². The molecule has 1 atom stereocenters. The molecular formula is C14H19N5OS. The van der Waals surface area contributed by atoms with Crippen LogP contribution in [0.15, 0.2) is 23.2 Å². The molecule has 2 heterocycles. The molecule has 1 unspecified atom stereocenters. The summed E-state index contributed by atoms with van der Waals surface area (Å²) in [6, 6.07) is 5.71. The first-order chi connectivity index (χ1) is 9.88. The van der Waals surface area contributed by atoms with E-state index in [0.29, 0.717) is 5.82 Å². The second-order valence-electron chi connectivity index (χ2n) is 5.06. The first kappa shape index (κ1) is 15.5. The number of thioether (sulfide) groups is 1. The molecule has 21 heavy (non-hydrogen) atoms. The Kier molecular flexibility index (Phi) is 4.62. The minimum absolute atomic E-state index is 0.0597. The summed E-state index contributed by atoms with van der Waals surface area (Å²) in [7, 11) is 3.49. The molecule has 0 aliphatic rings. The molecule has 0 spiro atoms. The molecule has 7 heteroatoms. The number of aromatic nitrogens is 4. The van der Waals surface area contributed by atoms with E-state index in [-0.39, 0.29) is 11.2 Å². The van der Waals surface area contributed by atoms with E-state index >= 15 is 0 Å². The van der Waals surface area contributed by atoms with Crippen LogP contribution in [0, 0.1) is 13.8 Å². The standard InChI is InChI=1S/C14H19N5OS/c1-9-8-10(2)19(17-9)12-6-7-13(16-15-12)21-11(3)14(20)18(4)5/h6-8,11H,1-5H3. The molecule has 0 saturated heterocycles. The van der Waals surface area contributed by atoms with Crippen molar-refractivity contribution in [2.24, 2.45) is 0 Å². The number of hydrogen-bond acceptors (Lipinski definition) is 5. The Hall–Kier alpha value is -1.89. The lowest BCUT2D eigenvalue weighted by atomic mass is 10.4. The summed E-state index contributed by atoms with van der Waals surface area (Å²) in [4.78, 5) is 13.4. The maximum absolute atomic E-state index is 11.8. The molecule has 2 aromatic heterocycles. The van der Waals surface area contributed by atoms with Crippen LogP contribution in [-0.4, -0.2) is 50.1 Å². The molecule has 2 rings (SSSR count). The summed E-state index contributed by atoms with van der Waals surface area (Å²) in [5.41, 5.74) is 1.95. The Morgan fingerprint density at radius 1 is 1.29 bits per heavy atom. The van der Waals surface area contributed by atoms with Crippen LogP contribution < -0.4 is 0 Å². The number of aryl methyl sites for hydroxylation is 2. The molecule has 0 aliphatic carbocycles. The summed E-state index contributed by atoms with van der Waals surface area (Å²) in [5, 5.41) is 13.3. The van der Waals surface area contributed by atoms with E-state index in [2.05, 4.69) is 15.3 Å². The van der Waals surface area contributed by atoms with Crippen LogP contribution >= 0.6 is 11.8 Å². The molecule has 0 bridgehead atoms. The number of carbonyl (C=O) groups is 1. The monoisotopic (exact) mass is 305 g/mol. The van der Waals surface area contributed by atoms with Crippen LogP contribution in [-0.2, 0) is 4.79 Å². The lowest BCUT2D eigenvalue weighted by Gasteiger charge is -2.15. The summed E-state index contributed by atoms with van der Waals surface area (Å²) in [6.45, 7) is 5.78. The highest BCUT2D eigenvalue weighted by Crippen LogP contribution is 2.22. The van der Waals surface area contributed by atoms with E-state index in [4.69, 9.17) is 0 Å². The van der Waals surface area contributed by atoms with E-state index in [1.165, 1.54) is 11.8 Å². The van der Waals surface area contributed by atoms with Gasteiger partial charge in [0.25, 0.3) is 0 Å². The van der Waals surface area contributed by atoms with Gasteiger partial charge in [0.2, 0.25) is 5.91 Å². The highest BCUT2D eigenvalue weighted by molar-refractivity contribution is 8.00. The minimum Gasteiger partial charge on any atom is -0.348 e. The van der Waals surface area contributed by atoms with Gasteiger partial charge in [-0.3, -0.25) is 4.79 Å². The van der Waals surface area contributed by atoms with Crippen LogP contribution in [0.3, 0.4) is 0 Å². The number of carbonyl (C=O) groups excluding carboxylic acids is 1. The molecule has 6 nitrogen and oxygen atoms in total. The summed E-state index contributed by atoms with van der Waals surface area (Å²) >= 11 is 1.40. The third-order valence-electron chi connectivity index (χ3n) is 2.94. The Morgan fingerprint density at radius 3 is 2.48 bits per heavy atom. The van der Waals surface area contributed by atoms with Gasteiger partial charge in [-0.05, 0) is 39.0 Å². The molecular weight excluding hydrogens is 286 g/mol. The summed E-state index contributed by atoms with van der Waals surface area (Å²) in [6.07, 6.45) is 0. The van der Waals surface area contributed by atoms with E-state index in [9.17, 15) is 4.79 Å². The van der Waals surface area contributed by atoms with Crippen molar-refractivity contribution in [3.63, 3.8) is 0 Å². The Bertz CT molecular complexity index is 635. The molecule has 0 radical (unpaired) electrons. The SMILES string of the molecule is Cc1cc(C)n(-c2ccc(SC(C)C(=O)N(C)C)nn2)n1. The average Bonchev–Trinajstić information content (AvgIpc) is 2.77. The summed E-state index contributed by atoms with van der Waals surface area (Å²) in [5.74, 6) is 0.737. The number of nitrogens with zero attached hydrogens (tertiary/aromatic N) is 5. The Labute approximate surface area is 128 Å². The minimum atomic E-state index is -0.186. The zero-order chi connectivity index (χ0) is 15.6. The van der Waals surface area contributed by atoms with Gasteiger partial charge in [0.1, 0.15) is 5.03 Å². The molecule has 112 valence electrons. The van der Waals surface area contributed by atoms with Gasteiger partial charge in [0, 0.05) is 19.8 Å². The van der Waals surface area contributed by atoms with Gasteiger partial charge in [-0.15, -0.1) is 10.2 Å². The lowest BCUT2D eigenvalue weighted by molar-refractivity contribution is -0.127. The predicted octanol–water partition coefficient (Wildman–Crippen LogP) is 1.85. The van der Waals surface area contributed by atoms with Crippen molar-refractivity contribution in [2.45, 2.75) is 31.0 Å². The molecule has 1 amide bonds. The fourth-order valence-electron chi connectivity index (χ4n) is 1.94. The second-order valence-corrected chi connectivity index (χ2v) is 6.42. The van der Waals surface area contributed by atoms with Crippen LogP contribution in [0.5, 0.6) is 0 Å². The highest BCUT2D eigenvalue weighted by Gasteiger charge is 2.17. The predicted molar refractivity (Wildman–Crippen MR) is 82.6 cm³/mol. The van der Waals surface area contributed by atoms with Gasteiger partial charge in [-0.2, -0.15) is 5.10 Å². The van der Waals surface area contributed by atoms with Crippen molar-refractivity contribution in [2.75, 3.05) is 14.1 Å². The van der Waals surface area contributed by atoms with Gasteiger partial charge in [0.05, 0.1) is 10.9 Å². The van der Waals surface area contributed by atoms with Crippen molar-refractivity contribution in [3.8, 4) is 5.82 Å². The molecule has 0 fully saturated rings. The van der Waals surface area contributed by atoms with Gasteiger partial charge < -0.3 is 4.90 Å². The van der Waals surface area contributed by atoms with Crippen molar-refractivity contribution in [3.05, 3.63) is 29.6 Å². The van der Waals surface area contributed by atoms with Gasteiger partial charge >= 0.3 is 0 Å². The van der Waals surface area contributed by atoms with Crippen molar-refractivity contribution in [1.29, 1.82) is 0 Å². The highest BCUT2D eigenvalue weighted by atomic mass is 32.2. The van der Waals surface area contributed by atoms with Crippen molar-refractivity contribution >= 4 is 17.7 Å². The maximum Gasteiger partial charge on any atom is 0.235 e. The average molecular weight is 305 g/mol. The van der Waals surface area contributed by atoms with E-state index in [1.807, 2.05) is 39.0 Å². The molecule has 0 aliphatic heterocycles. The van der Waals surface area contributed by atoms with E-state index < -0.39 is 0 Å². The lowest BCUT2D eigenvalue weighted by Crippen LogP contribution is -2.29. The van der Waals surface area contributed by atoms with Gasteiger partial charge in [-0.25, -0.2) is 4.68 Å². The maximum atomic E-state index is 11.8. The quantitative estimate of drug-likeness (QED) is 0.807. The molecule has 2 aromatic rings. The normalized spacial score (nSPS) is 12.2. The van der Waals surface area contributed by atoms with E-state index in [0.717, 1.165) is 16.4 Å². The van der Waals surface area contributed by atoms with E-state index in [1.54, 1.807) is 23.7 Å². The Balaban J connectivity index is 2.12. The molecule has 0 saturated carbocycles.